The Morgan fingerprint density at radius 1 is 1.35 bits per heavy atom. The molecule has 0 atom stereocenters. The predicted octanol–water partition coefficient (Wildman–Crippen LogP) is 4.81. The molecule has 0 saturated carbocycles. The van der Waals surface area contributed by atoms with Gasteiger partial charge in [-0.05, 0) is 71.5 Å². The summed E-state index contributed by atoms with van der Waals surface area (Å²) in [6.07, 6.45) is 3.60. The quantitative estimate of drug-likeness (QED) is 0.360. The van der Waals surface area contributed by atoms with Crippen molar-refractivity contribution < 1.29 is 5.11 Å². The number of halogens is 1. The molecule has 1 aromatic carbocycles. The van der Waals surface area contributed by atoms with Crippen LogP contribution in [-0.2, 0) is 0 Å². The second-order valence-corrected chi connectivity index (χ2v) is 5.25. The molecule has 5 nitrogen and oxygen atoms in total. The van der Waals surface area contributed by atoms with Gasteiger partial charge in [-0.1, -0.05) is 11.2 Å². The fourth-order valence-electron chi connectivity index (χ4n) is 1.66. The van der Waals surface area contributed by atoms with E-state index in [1.54, 1.807) is 12.1 Å². The van der Waals surface area contributed by atoms with Crippen molar-refractivity contribution in [3.05, 3.63) is 61.3 Å². The van der Waals surface area contributed by atoms with E-state index in [1.807, 2.05) is 31.2 Å². The highest BCUT2D eigenvalue weighted by molar-refractivity contribution is 14.1. The van der Waals surface area contributed by atoms with Crippen LogP contribution in [0.15, 0.2) is 35.4 Å². The number of hydrogen-bond acceptors (Lipinski definition) is 3. The fourth-order valence-corrected chi connectivity index (χ4v) is 2.26. The Balaban J connectivity index is 2.34. The van der Waals surface area contributed by atoms with Gasteiger partial charge in [0.25, 0.3) is 0 Å². The predicted molar refractivity (Wildman–Crippen MR) is 87.5 cm³/mol. The van der Waals surface area contributed by atoms with Crippen LogP contribution in [0, 0.1) is 10.5 Å². The van der Waals surface area contributed by atoms with Gasteiger partial charge in [-0.3, -0.25) is 4.98 Å². The lowest BCUT2D eigenvalue weighted by molar-refractivity contribution is 0.474. The van der Waals surface area contributed by atoms with Gasteiger partial charge in [0.1, 0.15) is 5.75 Å². The Morgan fingerprint density at radius 2 is 2.15 bits per heavy atom. The van der Waals surface area contributed by atoms with E-state index in [4.69, 9.17) is 5.53 Å². The third kappa shape index (κ3) is 3.49. The van der Waals surface area contributed by atoms with Gasteiger partial charge in [0, 0.05) is 19.7 Å². The topological polar surface area (TPSA) is 81.9 Å². The Morgan fingerprint density at radius 3 is 2.85 bits per heavy atom. The summed E-state index contributed by atoms with van der Waals surface area (Å²) in [5, 5.41) is 13.4. The normalized spacial score (nSPS) is 10.5. The first-order valence-electron chi connectivity index (χ1n) is 5.79. The van der Waals surface area contributed by atoms with Crippen molar-refractivity contribution in [1.82, 2.24) is 4.98 Å². The van der Waals surface area contributed by atoms with Crippen molar-refractivity contribution >= 4 is 40.4 Å². The van der Waals surface area contributed by atoms with Gasteiger partial charge in [-0.15, -0.1) is 0 Å². The molecule has 20 heavy (non-hydrogen) atoms. The highest BCUT2D eigenvalue weighted by Gasteiger charge is 2.04. The Hall–Kier alpha value is -2.05. The van der Waals surface area contributed by atoms with Crippen molar-refractivity contribution in [3.63, 3.8) is 0 Å². The molecule has 0 spiro atoms. The summed E-state index contributed by atoms with van der Waals surface area (Å²) in [7, 11) is 0. The third-order valence-electron chi connectivity index (χ3n) is 2.59. The maximum Gasteiger partial charge on any atom is 0.123 e. The number of aromatic nitrogens is 1. The van der Waals surface area contributed by atoms with E-state index in [-0.39, 0.29) is 5.75 Å². The number of nitrogens with zero attached hydrogens (tertiary/aromatic N) is 4. The van der Waals surface area contributed by atoms with Gasteiger partial charge in [0.05, 0.1) is 11.4 Å². The number of benzene rings is 1. The average Bonchev–Trinajstić information content (AvgIpc) is 2.41. The Labute approximate surface area is 129 Å². The minimum absolute atomic E-state index is 0.0664. The van der Waals surface area contributed by atoms with Gasteiger partial charge in [-0.25, -0.2) is 0 Å². The first kappa shape index (κ1) is 14.4. The standard InChI is InChI=1S/C14H11IN4O/c1-9-3-2-4-11(17-9)6-5-10-7-12(15)13(18-19-16)8-14(10)20/h2-8,20H,1H3. The Kier molecular flexibility index (Phi) is 4.60. The number of phenolic OH excluding ortho intramolecular Hbond substituents is 1. The van der Waals surface area contributed by atoms with E-state index < -0.39 is 0 Å². The summed E-state index contributed by atoms with van der Waals surface area (Å²) < 4.78 is 0.773. The summed E-state index contributed by atoms with van der Waals surface area (Å²) in [5.41, 5.74) is 11.2. The van der Waals surface area contributed by atoms with E-state index in [0.29, 0.717) is 11.3 Å². The number of aryl methyl sites for hydroxylation is 1. The van der Waals surface area contributed by atoms with E-state index in [0.717, 1.165) is 15.0 Å². The van der Waals surface area contributed by atoms with Crippen LogP contribution >= 0.6 is 22.6 Å². The van der Waals surface area contributed by atoms with Gasteiger partial charge in [0.2, 0.25) is 0 Å². The summed E-state index contributed by atoms with van der Waals surface area (Å²) in [4.78, 5) is 7.07. The van der Waals surface area contributed by atoms with Gasteiger partial charge < -0.3 is 5.11 Å². The summed E-state index contributed by atoms with van der Waals surface area (Å²) in [6, 6.07) is 8.94. The number of rotatable bonds is 3. The second-order valence-electron chi connectivity index (χ2n) is 4.09. The molecular weight excluding hydrogens is 367 g/mol. The van der Waals surface area contributed by atoms with Crippen LogP contribution < -0.4 is 0 Å². The molecule has 2 aromatic rings. The number of hydrogen-bond donors (Lipinski definition) is 1. The van der Waals surface area contributed by atoms with Crippen LogP contribution in [0.1, 0.15) is 17.0 Å². The smallest absolute Gasteiger partial charge is 0.123 e. The van der Waals surface area contributed by atoms with Crippen LogP contribution in [0.4, 0.5) is 5.69 Å². The molecule has 1 aromatic heterocycles. The highest BCUT2D eigenvalue weighted by Crippen LogP contribution is 2.31. The zero-order chi connectivity index (χ0) is 14.5. The maximum absolute atomic E-state index is 9.92. The number of phenols is 1. The molecule has 0 radical (unpaired) electrons. The van der Waals surface area contributed by atoms with Crippen LogP contribution in [0.25, 0.3) is 22.6 Å². The molecular formula is C14H11IN4O. The molecule has 1 N–H and O–H groups in total. The van der Waals surface area contributed by atoms with Crippen molar-refractivity contribution in [2.75, 3.05) is 0 Å². The zero-order valence-corrected chi connectivity index (χ0v) is 12.8. The molecule has 1 heterocycles. The molecule has 0 fully saturated rings. The monoisotopic (exact) mass is 378 g/mol. The maximum atomic E-state index is 9.92. The van der Waals surface area contributed by atoms with Crippen LogP contribution in [0.5, 0.6) is 5.75 Å². The minimum Gasteiger partial charge on any atom is -0.507 e. The molecule has 6 heteroatoms. The molecule has 0 aliphatic carbocycles. The SMILES string of the molecule is Cc1cccc(C=Cc2cc(I)c(N=[N+]=[N-])cc2O)n1. The van der Waals surface area contributed by atoms with E-state index in [1.165, 1.54) is 6.07 Å². The van der Waals surface area contributed by atoms with Gasteiger partial charge in [0.15, 0.2) is 0 Å². The third-order valence-corrected chi connectivity index (χ3v) is 3.46. The molecule has 0 aliphatic heterocycles. The first-order chi connectivity index (χ1) is 9.60. The van der Waals surface area contributed by atoms with Crippen LogP contribution in [0.3, 0.4) is 0 Å². The number of aromatic hydroxyl groups is 1. The van der Waals surface area contributed by atoms with Gasteiger partial charge >= 0.3 is 0 Å². The molecule has 0 bridgehead atoms. The van der Waals surface area contributed by atoms with E-state index in [9.17, 15) is 5.11 Å². The molecule has 0 amide bonds. The first-order valence-corrected chi connectivity index (χ1v) is 6.87. The molecule has 100 valence electrons. The largest absolute Gasteiger partial charge is 0.507 e. The molecule has 0 saturated heterocycles. The van der Waals surface area contributed by atoms with Crippen LogP contribution in [0.2, 0.25) is 0 Å². The minimum atomic E-state index is 0.0664. The lowest BCUT2D eigenvalue weighted by atomic mass is 10.1. The highest BCUT2D eigenvalue weighted by atomic mass is 127. The van der Waals surface area contributed by atoms with E-state index >= 15 is 0 Å². The second kappa shape index (κ2) is 6.40. The summed E-state index contributed by atoms with van der Waals surface area (Å²) >= 11 is 2.06. The molecule has 0 aliphatic rings. The van der Waals surface area contributed by atoms with Crippen LogP contribution in [-0.4, -0.2) is 10.1 Å². The Bertz CT molecular complexity index is 721. The summed E-state index contributed by atoms with van der Waals surface area (Å²) in [5.74, 6) is 0.0664. The van der Waals surface area contributed by atoms with Crippen molar-refractivity contribution in [2.24, 2.45) is 5.11 Å². The molecule has 0 unspecified atom stereocenters. The fraction of sp³-hybridized carbons (Fsp3) is 0.0714. The number of azide groups is 1. The summed E-state index contributed by atoms with van der Waals surface area (Å²) in [6.45, 7) is 1.92. The van der Waals surface area contributed by atoms with E-state index in [2.05, 4.69) is 37.6 Å². The van der Waals surface area contributed by atoms with Gasteiger partial charge in [-0.2, -0.15) is 0 Å². The average molecular weight is 378 g/mol. The zero-order valence-electron chi connectivity index (χ0n) is 10.7. The van der Waals surface area contributed by atoms with Crippen molar-refractivity contribution in [2.45, 2.75) is 6.92 Å². The van der Waals surface area contributed by atoms with Crippen molar-refractivity contribution in [3.8, 4) is 5.75 Å². The number of pyridine rings is 1. The lowest BCUT2D eigenvalue weighted by Gasteiger charge is -2.03. The molecule has 2 rings (SSSR count). The lowest BCUT2D eigenvalue weighted by Crippen LogP contribution is -1.84. The van der Waals surface area contributed by atoms with Crippen molar-refractivity contribution in [1.29, 1.82) is 0 Å².